The number of hydrogen-bond donors (Lipinski definition) is 0. The molecule has 0 radical (unpaired) electrons. The molecule has 120 valence electrons. The van der Waals surface area contributed by atoms with E-state index >= 15 is 0 Å². The Morgan fingerprint density at radius 1 is 1.09 bits per heavy atom. The Morgan fingerprint density at radius 3 is 2.52 bits per heavy atom. The molecule has 0 atom stereocenters. The molecule has 23 heavy (non-hydrogen) atoms. The van der Waals surface area contributed by atoms with Crippen molar-refractivity contribution in [1.82, 2.24) is 9.78 Å². The first kappa shape index (κ1) is 15.7. The van der Waals surface area contributed by atoms with Gasteiger partial charge in [0.1, 0.15) is 17.2 Å². The number of rotatable bonds is 4. The summed E-state index contributed by atoms with van der Waals surface area (Å²) in [6.07, 6.45) is 0. The van der Waals surface area contributed by atoms with Gasteiger partial charge in [0.25, 0.3) is 0 Å². The summed E-state index contributed by atoms with van der Waals surface area (Å²) in [5, 5.41) is 6.50. The van der Waals surface area contributed by atoms with Crippen molar-refractivity contribution in [3.8, 4) is 22.8 Å². The second kappa shape index (κ2) is 6.13. The molecule has 0 fully saturated rings. The number of fused-ring (bicyclic) bond motifs is 1. The molecular weight excluding hydrogens is 312 g/mol. The summed E-state index contributed by atoms with van der Waals surface area (Å²) in [6, 6.07) is 11.8. The van der Waals surface area contributed by atoms with Crippen LogP contribution < -0.4 is 9.47 Å². The van der Waals surface area contributed by atoms with E-state index in [1.165, 1.54) is 0 Å². The predicted octanol–water partition coefficient (Wildman–Crippen LogP) is 4.95. The van der Waals surface area contributed by atoms with Gasteiger partial charge in [-0.3, -0.25) is 4.68 Å². The minimum absolute atomic E-state index is 0.204. The highest BCUT2D eigenvalue weighted by atomic mass is 35.5. The lowest BCUT2D eigenvalue weighted by Gasteiger charge is -2.09. The van der Waals surface area contributed by atoms with Crippen molar-refractivity contribution < 1.29 is 9.47 Å². The number of benzene rings is 2. The zero-order valence-corrected chi connectivity index (χ0v) is 14.4. The van der Waals surface area contributed by atoms with Gasteiger partial charge in [-0.2, -0.15) is 5.10 Å². The molecular formula is C18H19ClN2O2. The van der Waals surface area contributed by atoms with Gasteiger partial charge in [-0.05, 0) is 32.0 Å². The molecule has 3 aromatic rings. The van der Waals surface area contributed by atoms with Crippen molar-refractivity contribution in [1.29, 1.82) is 0 Å². The van der Waals surface area contributed by atoms with E-state index in [9.17, 15) is 0 Å². The van der Waals surface area contributed by atoms with Gasteiger partial charge in [-0.25, -0.2) is 0 Å². The van der Waals surface area contributed by atoms with Gasteiger partial charge in [-0.1, -0.05) is 23.7 Å². The van der Waals surface area contributed by atoms with Crippen LogP contribution in [0.25, 0.3) is 22.2 Å². The van der Waals surface area contributed by atoms with E-state index in [1.807, 2.05) is 41.1 Å². The molecule has 0 amide bonds. The molecule has 3 rings (SSSR count). The third kappa shape index (κ3) is 2.63. The fourth-order valence-electron chi connectivity index (χ4n) is 2.72. The zero-order chi connectivity index (χ0) is 16.6. The van der Waals surface area contributed by atoms with Crippen molar-refractivity contribution in [3.05, 3.63) is 41.4 Å². The molecule has 1 heterocycles. The van der Waals surface area contributed by atoms with Crippen LogP contribution in [-0.4, -0.2) is 24.0 Å². The summed E-state index contributed by atoms with van der Waals surface area (Å²) in [4.78, 5) is 0. The number of hydrogen-bond acceptors (Lipinski definition) is 3. The van der Waals surface area contributed by atoms with E-state index in [-0.39, 0.29) is 6.04 Å². The maximum Gasteiger partial charge on any atom is 0.132 e. The van der Waals surface area contributed by atoms with Gasteiger partial charge in [0, 0.05) is 23.1 Å². The topological polar surface area (TPSA) is 36.3 Å². The van der Waals surface area contributed by atoms with Crippen LogP contribution in [0.15, 0.2) is 36.4 Å². The summed E-state index contributed by atoms with van der Waals surface area (Å²) in [6.45, 7) is 4.18. The Bertz CT molecular complexity index is 856. The maximum atomic E-state index is 6.42. The van der Waals surface area contributed by atoms with Crippen molar-refractivity contribution >= 4 is 22.5 Å². The first-order valence-corrected chi connectivity index (χ1v) is 7.83. The van der Waals surface area contributed by atoms with Crippen LogP contribution in [0.5, 0.6) is 11.5 Å². The van der Waals surface area contributed by atoms with Gasteiger partial charge >= 0.3 is 0 Å². The second-order valence-corrected chi connectivity index (χ2v) is 6.00. The summed E-state index contributed by atoms with van der Waals surface area (Å²) in [5.41, 5.74) is 2.72. The largest absolute Gasteiger partial charge is 0.497 e. The Balaban J connectivity index is 2.31. The van der Waals surface area contributed by atoms with Crippen LogP contribution in [0.3, 0.4) is 0 Å². The molecule has 4 nitrogen and oxygen atoms in total. The van der Waals surface area contributed by atoms with E-state index < -0.39 is 0 Å². The summed E-state index contributed by atoms with van der Waals surface area (Å²) in [7, 11) is 3.28. The number of nitrogens with zero attached hydrogens (tertiary/aromatic N) is 2. The van der Waals surface area contributed by atoms with Gasteiger partial charge in [-0.15, -0.1) is 0 Å². The quantitative estimate of drug-likeness (QED) is 0.678. The molecule has 0 N–H and O–H groups in total. The Hall–Kier alpha value is -2.20. The number of para-hydroxylation sites is 1. The second-order valence-electron chi connectivity index (χ2n) is 5.59. The van der Waals surface area contributed by atoms with Gasteiger partial charge < -0.3 is 9.47 Å². The Labute approximate surface area is 140 Å². The molecule has 0 spiro atoms. The monoisotopic (exact) mass is 330 g/mol. The van der Waals surface area contributed by atoms with Crippen LogP contribution in [0.1, 0.15) is 19.9 Å². The van der Waals surface area contributed by atoms with Crippen molar-refractivity contribution in [2.75, 3.05) is 14.2 Å². The molecule has 0 aliphatic heterocycles. The zero-order valence-electron chi connectivity index (χ0n) is 13.6. The molecule has 5 heteroatoms. The highest BCUT2D eigenvalue weighted by Crippen LogP contribution is 2.39. The summed E-state index contributed by atoms with van der Waals surface area (Å²) in [5.74, 6) is 1.47. The molecule has 0 unspecified atom stereocenters. The van der Waals surface area contributed by atoms with Gasteiger partial charge in [0.05, 0.1) is 24.8 Å². The average molecular weight is 331 g/mol. The molecule has 0 aliphatic carbocycles. The number of ether oxygens (including phenoxy) is 2. The molecule has 0 saturated heterocycles. The first-order chi connectivity index (χ1) is 11.1. The summed E-state index contributed by atoms with van der Waals surface area (Å²) < 4.78 is 12.8. The highest BCUT2D eigenvalue weighted by Gasteiger charge is 2.19. The van der Waals surface area contributed by atoms with Gasteiger partial charge in [0.2, 0.25) is 0 Å². The number of aromatic nitrogens is 2. The fraction of sp³-hybridized carbons (Fsp3) is 0.278. The van der Waals surface area contributed by atoms with Crippen LogP contribution in [-0.2, 0) is 0 Å². The van der Waals surface area contributed by atoms with Crippen LogP contribution in [0.4, 0.5) is 0 Å². The van der Waals surface area contributed by atoms with Crippen molar-refractivity contribution in [3.63, 3.8) is 0 Å². The highest BCUT2D eigenvalue weighted by molar-refractivity contribution is 6.35. The van der Waals surface area contributed by atoms with Gasteiger partial charge in [0.15, 0.2) is 0 Å². The minimum Gasteiger partial charge on any atom is -0.497 e. The number of halogens is 1. The van der Waals surface area contributed by atoms with Crippen molar-refractivity contribution in [2.45, 2.75) is 19.9 Å². The minimum atomic E-state index is 0.204. The van der Waals surface area contributed by atoms with E-state index in [4.69, 9.17) is 26.2 Å². The lowest BCUT2D eigenvalue weighted by Crippen LogP contribution is -2.03. The standard InChI is InChI=1S/C18H19ClN2O2/c1-11(2)21-18-14(6-5-7-15(18)19)17(20-21)13-9-8-12(22-3)10-16(13)23-4/h5-11H,1-4H3. The molecule has 2 aromatic carbocycles. The maximum absolute atomic E-state index is 6.42. The Kier molecular flexibility index (Phi) is 4.18. The fourth-order valence-corrected chi connectivity index (χ4v) is 2.98. The molecule has 0 aliphatic rings. The van der Waals surface area contributed by atoms with E-state index in [2.05, 4.69) is 13.8 Å². The third-order valence-corrected chi connectivity index (χ3v) is 4.14. The molecule has 0 saturated carbocycles. The normalized spacial score (nSPS) is 11.2. The molecule has 0 bridgehead atoms. The van der Waals surface area contributed by atoms with E-state index in [0.717, 1.165) is 33.7 Å². The average Bonchev–Trinajstić information content (AvgIpc) is 2.95. The van der Waals surface area contributed by atoms with Crippen molar-refractivity contribution in [2.24, 2.45) is 0 Å². The van der Waals surface area contributed by atoms with Crippen LogP contribution >= 0.6 is 11.6 Å². The lowest BCUT2D eigenvalue weighted by atomic mass is 10.1. The lowest BCUT2D eigenvalue weighted by molar-refractivity contribution is 0.395. The van der Waals surface area contributed by atoms with Crippen LogP contribution in [0.2, 0.25) is 5.02 Å². The van der Waals surface area contributed by atoms with Crippen LogP contribution in [0, 0.1) is 0 Å². The molecule has 1 aromatic heterocycles. The SMILES string of the molecule is COc1ccc(-c2nn(C(C)C)c3c(Cl)cccc23)c(OC)c1. The summed E-state index contributed by atoms with van der Waals surface area (Å²) >= 11 is 6.42. The van der Waals surface area contributed by atoms with E-state index in [0.29, 0.717) is 5.02 Å². The number of methoxy groups -OCH3 is 2. The van der Waals surface area contributed by atoms with E-state index in [1.54, 1.807) is 14.2 Å². The predicted molar refractivity (Wildman–Crippen MR) is 93.7 cm³/mol. The Morgan fingerprint density at radius 2 is 1.87 bits per heavy atom. The third-order valence-electron chi connectivity index (χ3n) is 3.83. The smallest absolute Gasteiger partial charge is 0.132 e. The first-order valence-electron chi connectivity index (χ1n) is 7.46.